The summed E-state index contributed by atoms with van der Waals surface area (Å²) >= 11 is 0. The number of hydrogen-bond acceptors (Lipinski definition) is 2. The molecule has 0 radical (unpaired) electrons. The van der Waals surface area contributed by atoms with Crippen LogP contribution in [0.5, 0.6) is 0 Å². The topological polar surface area (TPSA) is 70.2 Å². The molecule has 0 unspecified atom stereocenters. The first-order valence-electron chi connectivity index (χ1n) is 4.10. The number of H-pyrrole nitrogens is 1. The smallest absolute Gasteiger partial charge is 0.352 e. The van der Waals surface area contributed by atoms with Gasteiger partial charge in [-0.3, -0.25) is 4.79 Å². The van der Waals surface area contributed by atoms with Crippen LogP contribution in [0.1, 0.15) is 29.4 Å². The van der Waals surface area contributed by atoms with Crippen molar-refractivity contribution < 1.29 is 9.90 Å². The summed E-state index contributed by atoms with van der Waals surface area (Å²) in [7, 11) is 0. The Kier molecular flexibility index (Phi) is 2.84. The van der Waals surface area contributed by atoms with Crippen molar-refractivity contribution in [3.05, 3.63) is 33.7 Å². The van der Waals surface area contributed by atoms with Crippen molar-refractivity contribution in [2.45, 2.75) is 19.8 Å². The van der Waals surface area contributed by atoms with Gasteiger partial charge < -0.3 is 10.1 Å². The zero-order chi connectivity index (χ0) is 9.84. The summed E-state index contributed by atoms with van der Waals surface area (Å²) in [6.45, 7) is 1.96. The van der Waals surface area contributed by atoms with Gasteiger partial charge in [0, 0.05) is 6.07 Å². The molecule has 2 N–H and O–H groups in total. The van der Waals surface area contributed by atoms with Gasteiger partial charge in [0.25, 0.3) is 0 Å². The molecule has 0 bridgehead atoms. The van der Waals surface area contributed by atoms with E-state index in [9.17, 15) is 9.59 Å². The van der Waals surface area contributed by atoms with Gasteiger partial charge in [-0.2, -0.15) is 0 Å². The van der Waals surface area contributed by atoms with E-state index < -0.39 is 5.97 Å². The number of rotatable bonds is 3. The molecule has 0 aliphatic heterocycles. The van der Waals surface area contributed by atoms with E-state index in [-0.39, 0.29) is 11.3 Å². The van der Waals surface area contributed by atoms with Crippen LogP contribution in [0.25, 0.3) is 0 Å². The maximum absolute atomic E-state index is 10.8. The van der Waals surface area contributed by atoms with Crippen LogP contribution in [0.4, 0.5) is 0 Å². The third-order valence-corrected chi connectivity index (χ3v) is 1.74. The third kappa shape index (κ3) is 2.18. The molecule has 1 aromatic heterocycles. The molecule has 4 heteroatoms. The molecule has 0 aliphatic carbocycles. The van der Waals surface area contributed by atoms with Gasteiger partial charge in [-0.1, -0.05) is 19.4 Å². The van der Waals surface area contributed by atoms with Crippen molar-refractivity contribution in [3.63, 3.8) is 0 Å². The predicted molar refractivity (Wildman–Crippen MR) is 48.0 cm³/mol. The Morgan fingerprint density at radius 2 is 2.23 bits per heavy atom. The highest BCUT2D eigenvalue weighted by atomic mass is 16.4. The minimum absolute atomic E-state index is 0.00866. The highest BCUT2D eigenvalue weighted by molar-refractivity contribution is 5.86. The molecule has 1 heterocycles. The van der Waals surface area contributed by atoms with Crippen LogP contribution in [0, 0.1) is 0 Å². The second kappa shape index (κ2) is 3.89. The van der Waals surface area contributed by atoms with Crippen LogP contribution >= 0.6 is 0 Å². The molecular formula is C9H11NO3. The number of aryl methyl sites for hydroxylation is 1. The van der Waals surface area contributed by atoms with Crippen LogP contribution in [-0.4, -0.2) is 16.1 Å². The monoisotopic (exact) mass is 181 g/mol. The van der Waals surface area contributed by atoms with Gasteiger partial charge in [0.1, 0.15) is 5.69 Å². The first-order valence-corrected chi connectivity index (χ1v) is 4.10. The lowest BCUT2D eigenvalue weighted by atomic mass is 10.1. The Morgan fingerprint density at radius 1 is 1.54 bits per heavy atom. The van der Waals surface area contributed by atoms with Crippen LogP contribution in [0.2, 0.25) is 0 Å². The minimum atomic E-state index is -1.08. The SMILES string of the molecule is CCCc1ccc(=O)[nH]c1C(=O)O. The zero-order valence-electron chi connectivity index (χ0n) is 7.33. The van der Waals surface area contributed by atoms with Gasteiger partial charge in [0.05, 0.1) is 0 Å². The molecule has 0 fully saturated rings. The largest absolute Gasteiger partial charge is 0.477 e. The fraction of sp³-hybridized carbons (Fsp3) is 0.333. The van der Waals surface area contributed by atoms with Crippen LogP contribution < -0.4 is 5.56 Å². The van der Waals surface area contributed by atoms with E-state index in [1.54, 1.807) is 6.07 Å². The van der Waals surface area contributed by atoms with E-state index in [0.717, 1.165) is 6.42 Å². The Labute approximate surface area is 75.2 Å². The highest BCUT2D eigenvalue weighted by Crippen LogP contribution is 2.05. The summed E-state index contributed by atoms with van der Waals surface area (Å²) in [6, 6.07) is 2.91. The lowest BCUT2D eigenvalue weighted by Crippen LogP contribution is -2.14. The average molecular weight is 181 g/mol. The second-order valence-corrected chi connectivity index (χ2v) is 2.78. The lowest BCUT2D eigenvalue weighted by Gasteiger charge is -2.02. The first-order chi connectivity index (χ1) is 6.15. The van der Waals surface area contributed by atoms with E-state index in [1.165, 1.54) is 6.07 Å². The Balaban J connectivity index is 3.18. The van der Waals surface area contributed by atoms with Gasteiger partial charge in [0.15, 0.2) is 0 Å². The summed E-state index contributed by atoms with van der Waals surface area (Å²) in [5.41, 5.74) is 0.307. The first kappa shape index (κ1) is 9.51. The Hall–Kier alpha value is -1.58. The number of hydrogen-bond donors (Lipinski definition) is 2. The molecule has 0 aliphatic rings. The molecule has 13 heavy (non-hydrogen) atoms. The number of nitrogens with one attached hydrogen (secondary N) is 1. The van der Waals surface area contributed by atoms with Crippen molar-refractivity contribution in [2.75, 3.05) is 0 Å². The summed E-state index contributed by atoms with van der Waals surface area (Å²) in [4.78, 5) is 23.8. The van der Waals surface area contributed by atoms with E-state index in [1.807, 2.05) is 6.92 Å². The second-order valence-electron chi connectivity index (χ2n) is 2.78. The van der Waals surface area contributed by atoms with Gasteiger partial charge in [0.2, 0.25) is 5.56 Å². The number of aromatic amines is 1. The zero-order valence-corrected chi connectivity index (χ0v) is 7.33. The number of aromatic nitrogens is 1. The van der Waals surface area contributed by atoms with Crippen molar-refractivity contribution in [1.29, 1.82) is 0 Å². The van der Waals surface area contributed by atoms with Crippen molar-refractivity contribution in [2.24, 2.45) is 0 Å². The number of aromatic carboxylic acids is 1. The van der Waals surface area contributed by atoms with Crippen molar-refractivity contribution in [3.8, 4) is 0 Å². The maximum Gasteiger partial charge on any atom is 0.352 e. The Morgan fingerprint density at radius 3 is 2.77 bits per heavy atom. The van der Waals surface area contributed by atoms with Crippen LogP contribution in [0.3, 0.4) is 0 Å². The van der Waals surface area contributed by atoms with E-state index >= 15 is 0 Å². The summed E-state index contributed by atoms with van der Waals surface area (Å²) in [6.07, 6.45) is 1.52. The maximum atomic E-state index is 10.8. The average Bonchev–Trinajstić information content (AvgIpc) is 2.08. The highest BCUT2D eigenvalue weighted by Gasteiger charge is 2.09. The summed E-state index contributed by atoms with van der Waals surface area (Å²) < 4.78 is 0. The fourth-order valence-corrected chi connectivity index (χ4v) is 1.17. The Bertz CT molecular complexity index is 367. The summed E-state index contributed by atoms with van der Waals surface area (Å²) in [5, 5.41) is 8.75. The quantitative estimate of drug-likeness (QED) is 0.731. The molecule has 0 amide bonds. The lowest BCUT2D eigenvalue weighted by molar-refractivity contribution is 0.0689. The molecule has 0 spiro atoms. The van der Waals surface area contributed by atoms with Gasteiger partial charge in [-0.15, -0.1) is 0 Å². The number of pyridine rings is 1. The molecule has 70 valence electrons. The fourth-order valence-electron chi connectivity index (χ4n) is 1.17. The molecule has 1 rings (SSSR count). The molecular weight excluding hydrogens is 170 g/mol. The van der Waals surface area contributed by atoms with Crippen molar-refractivity contribution in [1.82, 2.24) is 4.98 Å². The van der Waals surface area contributed by atoms with Gasteiger partial charge >= 0.3 is 5.97 Å². The van der Waals surface area contributed by atoms with E-state index in [0.29, 0.717) is 12.0 Å². The number of carboxylic acids is 1. The predicted octanol–water partition coefficient (Wildman–Crippen LogP) is 1.03. The molecule has 0 atom stereocenters. The molecule has 4 nitrogen and oxygen atoms in total. The standard InChI is InChI=1S/C9H11NO3/c1-2-3-6-4-5-7(11)10-8(6)9(12)13/h4-5H,2-3H2,1H3,(H,10,11)(H,12,13). The molecule has 0 saturated heterocycles. The number of carbonyl (C=O) groups is 1. The molecule has 1 aromatic rings. The molecule has 0 aromatic carbocycles. The van der Waals surface area contributed by atoms with E-state index in [2.05, 4.69) is 4.98 Å². The normalized spacial score (nSPS) is 9.92. The van der Waals surface area contributed by atoms with E-state index in [4.69, 9.17) is 5.11 Å². The van der Waals surface area contributed by atoms with Crippen LogP contribution in [-0.2, 0) is 6.42 Å². The van der Waals surface area contributed by atoms with Gasteiger partial charge in [-0.05, 0) is 12.0 Å². The van der Waals surface area contributed by atoms with Gasteiger partial charge in [-0.25, -0.2) is 4.79 Å². The third-order valence-electron chi connectivity index (χ3n) is 1.74. The number of carboxylic acid groups (broad SMARTS) is 1. The summed E-state index contributed by atoms with van der Waals surface area (Å²) in [5.74, 6) is -1.08. The minimum Gasteiger partial charge on any atom is -0.477 e. The van der Waals surface area contributed by atoms with Crippen molar-refractivity contribution >= 4 is 5.97 Å². The molecule has 0 saturated carbocycles. The van der Waals surface area contributed by atoms with Crippen LogP contribution in [0.15, 0.2) is 16.9 Å².